The maximum Gasteiger partial charge on any atom is 0.329 e. The number of benzene rings is 3. The van der Waals surface area contributed by atoms with E-state index in [0.717, 1.165) is 10.7 Å². The molecule has 12 heteroatoms. The molecule has 0 bridgehead atoms. The molecule has 0 saturated heterocycles. The highest BCUT2D eigenvalue weighted by Gasteiger charge is 2.18. The van der Waals surface area contributed by atoms with Gasteiger partial charge in [0.05, 0.1) is 22.4 Å². The summed E-state index contributed by atoms with van der Waals surface area (Å²) in [4.78, 5) is 47.3. The summed E-state index contributed by atoms with van der Waals surface area (Å²) in [5.41, 5.74) is 2.78. The number of nitro benzene ring substituents is 1. The molecule has 0 radical (unpaired) electrons. The van der Waals surface area contributed by atoms with Gasteiger partial charge in [-0.1, -0.05) is 45.7 Å². The number of anilines is 2. The van der Waals surface area contributed by atoms with Crippen molar-refractivity contribution in [2.45, 2.75) is 0 Å². The molecule has 0 atom stereocenters. The fraction of sp³-hybridized carbons (Fsp3) is 0. The summed E-state index contributed by atoms with van der Waals surface area (Å²) in [6, 6.07) is 17.0. The van der Waals surface area contributed by atoms with E-state index >= 15 is 0 Å². The average Bonchev–Trinajstić information content (AvgIpc) is 2.81. The van der Waals surface area contributed by atoms with Gasteiger partial charge in [-0.25, -0.2) is 5.43 Å². The van der Waals surface area contributed by atoms with E-state index in [1.807, 2.05) is 5.43 Å². The molecule has 3 amide bonds. The molecule has 3 aromatic rings. The Kier molecular flexibility index (Phi) is 8.06. The Morgan fingerprint density at radius 1 is 0.971 bits per heavy atom. The number of carbonyl (C=O) groups is 3. The molecule has 0 unspecified atom stereocenters. The van der Waals surface area contributed by atoms with Crippen LogP contribution in [-0.2, 0) is 9.59 Å². The number of carbonyl (C=O) groups excluding carboxylic acids is 3. The SMILES string of the molecule is O=C(NN=Cc1ccc(Cl)c([N+](=O)[O-])c1)C(=O)Nc1ccccc1C(=O)Nc1ccc(Br)cc1. The number of para-hydroxylation sites is 1. The van der Waals surface area contributed by atoms with Gasteiger partial charge in [0.25, 0.3) is 11.6 Å². The summed E-state index contributed by atoms with van der Waals surface area (Å²) in [6.07, 6.45) is 1.12. The maximum atomic E-state index is 12.6. The van der Waals surface area contributed by atoms with Crippen LogP contribution >= 0.6 is 27.5 Å². The quantitative estimate of drug-likeness (QED) is 0.183. The zero-order valence-corrected chi connectivity index (χ0v) is 19.5. The minimum Gasteiger partial charge on any atom is -0.322 e. The number of nitrogens with one attached hydrogen (secondary N) is 3. The second-order valence-corrected chi connectivity index (χ2v) is 7.95. The van der Waals surface area contributed by atoms with Crippen LogP contribution in [0.25, 0.3) is 0 Å². The summed E-state index contributed by atoms with van der Waals surface area (Å²) in [5.74, 6) is -2.66. The standard InChI is InChI=1S/C22H15BrClN5O5/c23-14-6-8-15(9-7-14)26-20(30)16-3-1-2-4-18(16)27-21(31)22(32)28-25-12-13-5-10-17(24)19(11-13)29(33)34/h1-12H,(H,26,30)(H,27,31)(H,28,32). The van der Waals surface area contributed by atoms with E-state index in [2.05, 4.69) is 31.7 Å². The molecular weight excluding hydrogens is 530 g/mol. The topological polar surface area (TPSA) is 143 Å². The van der Waals surface area contributed by atoms with Crippen LogP contribution in [0.5, 0.6) is 0 Å². The zero-order valence-electron chi connectivity index (χ0n) is 17.1. The molecule has 0 aliphatic rings. The number of amides is 3. The molecule has 0 spiro atoms. The largest absolute Gasteiger partial charge is 0.329 e. The first-order valence-corrected chi connectivity index (χ1v) is 10.7. The number of rotatable bonds is 6. The Labute approximate surface area is 206 Å². The summed E-state index contributed by atoms with van der Waals surface area (Å²) >= 11 is 9.05. The predicted molar refractivity (Wildman–Crippen MR) is 131 cm³/mol. The molecule has 0 saturated carbocycles. The minimum atomic E-state index is -1.11. The van der Waals surface area contributed by atoms with Crippen molar-refractivity contribution in [2.75, 3.05) is 10.6 Å². The van der Waals surface area contributed by atoms with Gasteiger partial charge in [-0.3, -0.25) is 24.5 Å². The van der Waals surface area contributed by atoms with Crippen LogP contribution in [0.3, 0.4) is 0 Å². The van der Waals surface area contributed by atoms with Crippen LogP contribution in [0.4, 0.5) is 17.1 Å². The minimum absolute atomic E-state index is 0.0478. The molecule has 34 heavy (non-hydrogen) atoms. The number of hydrazone groups is 1. The van der Waals surface area contributed by atoms with Crippen molar-refractivity contribution >= 4 is 68.5 Å². The molecule has 0 aromatic heterocycles. The monoisotopic (exact) mass is 543 g/mol. The molecule has 172 valence electrons. The first-order valence-electron chi connectivity index (χ1n) is 9.49. The van der Waals surface area contributed by atoms with Crippen molar-refractivity contribution in [1.82, 2.24) is 5.43 Å². The zero-order chi connectivity index (χ0) is 24.7. The van der Waals surface area contributed by atoms with Crippen molar-refractivity contribution in [2.24, 2.45) is 5.10 Å². The fourth-order valence-electron chi connectivity index (χ4n) is 2.67. The highest BCUT2D eigenvalue weighted by Crippen LogP contribution is 2.24. The number of nitro groups is 1. The van der Waals surface area contributed by atoms with Crippen LogP contribution in [0.2, 0.25) is 5.02 Å². The molecule has 0 aliphatic heterocycles. The van der Waals surface area contributed by atoms with Crippen LogP contribution < -0.4 is 16.1 Å². The fourth-order valence-corrected chi connectivity index (χ4v) is 3.12. The number of halogens is 2. The molecular formula is C22H15BrClN5O5. The van der Waals surface area contributed by atoms with E-state index in [1.54, 1.807) is 36.4 Å². The third-order valence-electron chi connectivity index (χ3n) is 4.27. The molecule has 3 N–H and O–H groups in total. The molecule has 0 fully saturated rings. The molecule has 3 rings (SSSR count). The van der Waals surface area contributed by atoms with Crippen molar-refractivity contribution in [3.8, 4) is 0 Å². The van der Waals surface area contributed by atoms with Gasteiger partial charge in [0.15, 0.2) is 0 Å². The Hall–Kier alpha value is -4.09. The first-order chi connectivity index (χ1) is 16.2. The smallest absolute Gasteiger partial charge is 0.322 e. The lowest BCUT2D eigenvalue weighted by Gasteiger charge is -2.11. The highest BCUT2D eigenvalue weighted by molar-refractivity contribution is 9.10. The van der Waals surface area contributed by atoms with Gasteiger partial charge in [-0.15, -0.1) is 0 Å². The van der Waals surface area contributed by atoms with Gasteiger partial charge < -0.3 is 10.6 Å². The van der Waals surface area contributed by atoms with Crippen molar-refractivity contribution < 1.29 is 19.3 Å². The van der Waals surface area contributed by atoms with Gasteiger partial charge in [0.2, 0.25) is 0 Å². The summed E-state index contributed by atoms with van der Waals surface area (Å²) in [6.45, 7) is 0. The predicted octanol–water partition coefficient (Wildman–Crippen LogP) is 4.35. The van der Waals surface area contributed by atoms with E-state index in [0.29, 0.717) is 5.69 Å². The lowest BCUT2D eigenvalue weighted by molar-refractivity contribution is -0.384. The van der Waals surface area contributed by atoms with Crippen LogP contribution in [0, 0.1) is 10.1 Å². The highest BCUT2D eigenvalue weighted by atomic mass is 79.9. The van der Waals surface area contributed by atoms with Gasteiger partial charge in [-0.2, -0.15) is 5.10 Å². The number of nitrogens with zero attached hydrogens (tertiary/aromatic N) is 2. The molecule has 10 nitrogen and oxygen atoms in total. The first kappa shape index (κ1) is 24.6. The lowest BCUT2D eigenvalue weighted by atomic mass is 10.1. The van der Waals surface area contributed by atoms with E-state index in [1.165, 1.54) is 30.3 Å². The Morgan fingerprint density at radius 2 is 1.68 bits per heavy atom. The maximum absolute atomic E-state index is 12.6. The van der Waals surface area contributed by atoms with Gasteiger partial charge in [0.1, 0.15) is 5.02 Å². The molecule has 0 heterocycles. The lowest BCUT2D eigenvalue weighted by Crippen LogP contribution is -2.33. The van der Waals surface area contributed by atoms with Crippen molar-refractivity contribution in [1.29, 1.82) is 0 Å². The van der Waals surface area contributed by atoms with Crippen LogP contribution in [0.15, 0.2) is 76.3 Å². The van der Waals surface area contributed by atoms with Gasteiger partial charge in [-0.05, 0) is 42.5 Å². The Bertz CT molecular complexity index is 1300. The van der Waals surface area contributed by atoms with Crippen LogP contribution in [-0.4, -0.2) is 28.9 Å². The number of hydrogen-bond donors (Lipinski definition) is 3. The average molecular weight is 545 g/mol. The summed E-state index contributed by atoms with van der Waals surface area (Å²) in [7, 11) is 0. The molecule has 3 aromatic carbocycles. The summed E-state index contributed by atoms with van der Waals surface area (Å²) in [5, 5.41) is 19.6. The van der Waals surface area contributed by atoms with E-state index in [9.17, 15) is 24.5 Å². The van der Waals surface area contributed by atoms with E-state index in [4.69, 9.17) is 11.6 Å². The van der Waals surface area contributed by atoms with Gasteiger partial charge in [0, 0.05) is 21.8 Å². The summed E-state index contributed by atoms with van der Waals surface area (Å²) < 4.78 is 0.848. The third kappa shape index (κ3) is 6.47. The van der Waals surface area contributed by atoms with E-state index in [-0.39, 0.29) is 27.5 Å². The second kappa shape index (κ2) is 11.2. The third-order valence-corrected chi connectivity index (χ3v) is 5.12. The van der Waals surface area contributed by atoms with Crippen LogP contribution in [0.1, 0.15) is 15.9 Å². The van der Waals surface area contributed by atoms with E-state index < -0.39 is 22.6 Å². The molecule has 0 aliphatic carbocycles. The normalized spacial score (nSPS) is 10.5. The Balaban J connectivity index is 1.64. The van der Waals surface area contributed by atoms with Crippen molar-refractivity contribution in [3.63, 3.8) is 0 Å². The van der Waals surface area contributed by atoms with Crippen molar-refractivity contribution in [3.05, 3.63) is 97.5 Å². The van der Waals surface area contributed by atoms with Gasteiger partial charge >= 0.3 is 11.8 Å². The second-order valence-electron chi connectivity index (χ2n) is 6.63. The Morgan fingerprint density at radius 3 is 2.38 bits per heavy atom. The number of hydrogen-bond acceptors (Lipinski definition) is 6.